The Morgan fingerprint density at radius 1 is 1.32 bits per heavy atom. The van der Waals surface area contributed by atoms with E-state index in [0.717, 1.165) is 11.1 Å². The van der Waals surface area contributed by atoms with Gasteiger partial charge in [-0.2, -0.15) is 5.10 Å². The van der Waals surface area contributed by atoms with Crippen LogP contribution in [-0.4, -0.2) is 39.2 Å². The summed E-state index contributed by atoms with van der Waals surface area (Å²) < 4.78 is 2.25. The molecule has 8 heteroatoms. The van der Waals surface area contributed by atoms with Crippen LogP contribution in [0.25, 0.3) is 11.4 Å². The number of H-pyrrole nitrogens is 1. The van der Waals surface area contributed by atoms with E-state index in [1.54, 1.807) is 4.57 Å². The maximum atomic E-state index is 12.0. The molecule has 2 rings (SSSR count). The van der Waals surface area contributed by atoms with E-state index in [0.29, 0.717) is 17.1 Å². The van der Waals surface area contributed by atoms with Crippen LogP contribution < -0.4 is 10.6 Å². The zero-order valence-electron chi connectivity index (χ0n) is 14.6. The molecule has 2 amide bonds. The zero-order chi connectivity index (χ0) is 18.4. The Labute approximate surface area is 151 Å². The average Bonchev–Trinajstić information content (AvgIpc) is 2.91. The number of hydrogen-bond acceptors (Lipinski definition) is 4. The first-order valence-corrected chi connectivity index (χ1v) is 8.56. The Morgan fingerprint density at radius 3 is 2.76 bits per heavy atom. The third kappa shape index (κ3) is 5.53. The molecule has 0 bridgehead atoms. The molecule has 0 aliphatic carbocycles. The molecule has 1 aromatic carbocycles. The summed E-state index contributed by atoms with van der Waals surface area (Å²) >= 11 is 5.26. The number of carbonyl (C=O) groups excluding carboxylic acids is 2. The predicted octanol–water partition coefficient (Wildman–Crippen LogP) is 1.95. The first kappa shape index (κ1) is 18.9. The fourth-order valence-electron chi connectivity index (χ4n) is 2.38. The van der Waals surface area contributed by atoms with Gasteiger partial charge in [0, 0.05) is 24.6 Å². The topological polar surface area (TPSA) is 91.8 Å². The number of nitrogens with one attached hydrogen (secondary N) is 3. The van der Waals surface area contributed by atoms with E-state index < -0.39 is 0 Å². The molecule has 1 heterocycles. The first-order valence-electron chi connectivity index (χ1n) is 8.15. The molecular weight excluding hydrogens is 338 g/mol. The van der Waals surface area contributed by atoms with Crippen molar-refractivity contribution in [3.05, 3.63) is 34.6 Å². The van der Waals surface area contributed by atoms with Gasteiger partial charge in [0.05, 0.1) is 6.54 Å². The lowest BCUT2D eigenvalue weighted by Gasteiger charge is -2.10. The number of benzene rings is 1. The Hall–Kier alpha value is -2.48. The van der Waals surface area contributed by atoms with Crippen molar-refractivity contribution in [2.45, 2.75) is 39.8 Å². The molecule has 0 radical (unpaired) electrons. The normalized spacial score (nSPS) is 10.7. The van der Waals surface area contributed by atoms with Gasteiger partial charge in [0.1, 0.15) is 0 Å². The Bertz CT molecular complexity index is 809. The van der Waals surface area contributed by atoms with E-state index >= 15 is 0 Å². The molecule has 134 valence electrons. The molecule has 0 unspecified atom stereocenters. The standard InChI is InChI=1S/C17H23N5O2S/c1-11(2)19-15(24)10-18-14(23)7-8-22-16(20-21-17(22)25)13-6-4-5-12(3)9-13/h4-6,9,11H,7-8,10H2,1-3H3,(H,18,23)(H,19,24)(H,21,25). The highest BCUT2D eigenvalue weighted by molar-refractivity contribution is 7.71. The number of hydrogen-bond donors (Lipinski definition) is 3. The lowest BCUT2D eigenvalue weighted by atomic mass is 10.1. The quantitative estimate of drug-likeness (QED) is 0.657. The van der Waals surface area contributed by atoms with Crippen molar-refractivity contribution in [2.75, 3.05) is 6.54 Å². The average molecular weight is 361 g/mol. The van der Waals surface area contributed by atoms with E-state index in [4.69, 9.17) is 12.2 Å². The van der Waals surface area contributed by atoms with Gasteiger partial charge in [-0.1, -0.05) is 23.8 Å². The molecule has 0 aliphatic rings. The van der Waals surface area contributed by atoms with Gasteiger partial charge in [-0.05, 0) is 39.1 Å². The second-order valence-corrected chi connectivity index (χ2v) is 6.51. The van der Waals surface area contributed by atoms with Crippen molar-refractivity contribution in [3.8, 4) is 11.4 Å². The van der Waals surface area contributed by atoms with Crippen LogP contribution in [0.3, 0.4) is 0 Å². The highest BCUT2D eigenvalue weighted by Gasteiger charge is 2.11. The van der Waals surface area contributed by atoms with Crippen LogP contribution in [0.15, 0.2) is 24.3 Å². The molecule has 0 fully saturated rings. The summed E-state index contributed by atoms with van der Waals surface area (Å²) in [6.45, 7) is 6.10. The predicted molar refractivity (Wildman–Crippen MR) is 98.5 cm³/mol. The van der Waals surface area contributed by atoms with E-state index in [-0.39, 0.29) is 30.8 Å². The summed E-state index contributed by atoms with van der Waals surface area (Å²) in [5.74, 6) is 0.278. The Morgan fingerprint density at radius 2 is 2.08 bits per heavy atom. The summed E-state index contributed by atoms with van der Waals surface area (Å²) in [4.78, 5) is 23.5. The monoisotopic (exact) mass is 361 g/mol. The van der Waals surface area contributed by atoms with Crippen LogP contribution in [0.5, 0.6) is 0 Å². The number of rotatable bonds is 7. The minimum absolute atomic E-state index is 0.0292. The summed E-state index contributed by atoms with van der Waals surface area (Å²) in [5.41, 5.74) is 2.05. The van der Waals surface area contributed by atoms with Crippen LogP contribution >= 0.6 is 12.2 Å². The van der Waals surface area contributed by atoms with Crippen molar-refractivity contribution in [3.63, 3.8) is 0 Å². The molecule has 0 saturated carbocycles. The SMILES string of the molecule is Cc1cccc(-c2n[nH]c(=S)n2CCC(=O)NCC(=O)NC(C)C)c1. The molecule has 0 atom stereocenters. The minimum Gasteiger partial charge on any atom is -0.352 e. The summed E-state index contributed by atoms with van der Waals surface area (Å²) in [6.07, 6.45) is 0.210. The minimum atomic E-state index is -0.211. The van der Waals surface area contributed by atoms with Gasteiger partial charge in [-0.25, -0.2) is 0 Å². The van der Waals surface area contributed by atoms with E-state index in [1.807, 2.05) is 45.0 Å². The highest BCUT2D eigenvalue weighted by Crippen LogP contribution is 2.18. The van der Waals surface area contributed by atoms with Gasteiger partial charge in [0.2, 0.25) is 11.8 Å². The smallest absolute Gasteiger partial charge is 0.239 e. The summed E-state index contributed by atoms with van der Waals surface area (Å²) in [5, 5.41) is 12.4. The number of aryl methyl sites for hydroxylation is 1. The highest BCUT2D eigenvalue weighted by atomic mass is 32.1. The molecule has 0 spiro atoms. The van der Waals surface area contributed by atoms with E-state index in [9.17, 15) is 9.59 Å². The molecule has 3 N–H and O–H groups in total. The molecule has 7 nitrogen and oxygen atoms in total. The van der Waals surface area contributed by atoms with Gasteiger partial charge in [-0.15, -0.1) is 0 Å². The van der Waals surface area contributed by atoms with Crippen LogP contribution in [0.1, 0.15) is 25.8 Å². The van der Waals surface area contributed by atoms with Crippen molar-refractivity contribution in [1.29, 1.82) is 0 Å². The molecule has 0 aliphatic heterocycles. The number of aromatic amines is 1. The third-order valence-corrected chi connectivity index (χ3v) is 3.80. The van der Waals surface area contributed by atoms with E-state index in [2.05, 4.69) is 20.8 Å². The Kier molecular flexibility index (Phi) is 6.46. The van der Waals surface area contributed by atoms with Gasteiger partial charge in [0.15, 0.2) is 10.6 Å². The maximum absolute atomic E-state index is 12.0. The van der Waals surface area contributed by atoms with Gasteiger partial charge >= 0.3 is 0 Å². The summed E-state index contributed by atoms with van der Waals surface area (Å²) in [7, 11) is 0. The molecule has 0 saturated heterocycles. The fourth-order valence-corrected chi connectivity index (χ4v) is 2.61. The maximum Gasteiger partial charge on any atom is 0.239 e. The molecular formula is C17H23N5O2S. The van der Waals surface area contributed by atoms with Gasteiger partial charge in [0.25, 0.3) is 0 Å². The number of carbonyl (C=O) groups is 2. The first-order chi connectivity index (χ1) is 11.9. The number of aromatic nitrogens is 3. The van der Waals surface area contributed by atoms with Crippen molar-refractivity contribution in [2.24, 2.45) is 0 Å². The van der Waals surface area contributed by atoms with Crippen molar-refractivity contribution >= 4 is 24.0 Å². The van der Waals surface area contributed by atoms with Crippen LogP contribution in [0, 0.1) is 11.7 Å². The summed E-state index contributed by atoms with van der Waals surface area (Å²) in [6, 6.07) is 7.96. The third-order valence-electron chi connectivity index (χ3n) is 3.49. The van der Waals surface area contributed by atoms with Crippen molar-refractivity contribution < 1.29 is 9.59 Å². The molecule has 2 aromatic rings. The second kappa shape index (κ2) is 8.57. The number of nitrogens with zero attached hydrogens (tertiary/aromatic N) is 2. The Balaban J connectivity index is 1.97. The zero-order valence-corrected chi connectivity index (χ0v) is 15.4. The van der Waals surface area contributed by atoms with Gasteiger partial charge in [-0.3, -0.25) is 19.3 Å². The van der Waals surface area contributed by atoms with Gasteiger partial charge < -0.3 is 10.6 Å². The second-order valence-electron chi connectivity index (χ2n) is 6.12. The van der Waals surface area contributed by atoms with Crippen molar-refractivity contribution in [1.82, 2.24) is 25.4 Å². The largest absolute Gasteiger partial charge is 0.352 e. The van der Waals surface area contributed by atoms with Crippen LogP contribution in [-0.2, 0) is 16.1 Å². The fraction of sp³-hybridized carbons (Fsp3) is 0.412. The van der Waals surface area contributed by atoms with Crippen LogP contribution in [0.4, 0.5) is 0 Å². The van der Waals surface area contributed by atoms with E-state index in [1.165, 1.54) is 0 Å². The van der Waals surface area contributed by atoms with Crippen LogP contribution in [0.2, 0.25) is 0 Å². The number of amides is 2. The lowest BCUT2D eigenvalue weighted by molar-refractivity contribution is -0.126. The molecule has 25 heavy (non-hydrogen) atoms. The molecule has 1 aromatic heterocycles. The lowest BCUT2D eigenvalue weighted by Crippen LogP contribution is -2.40.